The smallest absolute Gasteiger partial charge is 0.165 e. The molecule has 1 aromatic rings. The van der Waals surface area contributed by atoms with Gasteiger partial charge in [-0.15, -0.1) is 5.10 Å². The van der Waals surface area contributed by atoms with Crippen molar-refractivity contribution < 1.29 is 0 Å². The molecule has 0 amide bonds. The summed E-state index contributed by atoms with van der Waals surface area (Å²) < 4.78 is 3.62. The van der Waals surface area contributed by atoms with Gasteiger partial charge < -0.3 is 5.32 Å². The van der Waals surface area contributed by atoms with Gasteiger partial charge in [-0.1, -0.05) is 11.1 Å². The van der Waals surface area contributed by atoms with E-state index in [-0.39, 0.29) is 0 Å². The molecule has 42 valence electrons. The zero-order valence-corrected chi connectivity index (χ0v) is 4.98. The molecule has 0 spiro atoms. The summed E-state index contributed by atoms with van der Waals surface area (Å²) >= 11 is 1.31. The Kier molecular flexibility index (Phi) is 1.58. The third-order valence-electron chi connectivity index (χ3n) is 0.610. The molecule has 8 heavy (non-hydrogen) atoms. The van der Waals surface area contributed by atoms with Crippen molar-refractivity contribution in [3.8, 4) is 0 Å². The molecule has 0 saturated carbocycles. The lowest BCUT2D eigenvalue weighted by Gasteiger charge is -1.85. The monoisotopic (exact) mass is 127 g/mol. The molecule has 0 bridgehead atoms. The van der Waals surface area contributed by atoms with Crippen molar-refractivity contribution in [3.05, 3.63) is 18.2 Å². The number of anilines is 1. The molecule has 0 aliphatic rings. The Morgan fingerprint density at radius 2 is 2.75 bits per heavy atom. The second kappa shape index (κ2) is 2.42. The van der Waals surface area contributed by atoms with E-state index >= 15 is 0 Å². The van der Waals surface area contributed by atoms with Crippen molar-refractivity contribution in [1.82, 2.24) is 9.59 Å². The fourth-order valence-corrected chi connectivity index (χ4v) is 0.729. The fourth-order valence-electron chi connectivity index (χ4n) is 0.332. The standard InChI is InChI=1S/C4H5N3S/c1-2-5-4-3-8-7-6-4/h2-3,5H,1H2. The van der Waals surface area contributed by atoms with Crippen LogP contribution in [0.4, 0.5) is 5.82 Å². The first-order valence-electron chi connectivity index (χ1n) is 2.08. The normalized spacial score (nSPS) is 8.50. The van der Waals surface area contributed by atoms with E-state index in [2.05, 4.69) is 21.5 Å². The van der Waals surface area contributed by atoms with Crippen LogP contribution < -0.4 is 5.32 Å². The van der Waals surface area contributed by atoms with Gasteiger partial charge in [0.2, 0.25) is 0 Å². The maximum atomic E-state index is 3.69. The summed E-state index contributed by atoms with van der Waals surface area (Å²) in [5.41, 5.74) is 0. The van der Waals surface area contributed by atoms with E-state index in [4.69, 9.17) is 0 Å². The Morgan fingerprint density at radius 3 is 3.25 bits per heavy atom. The maximum absolute atomic E-state index is 3.69. The predicted molar refractivity (Wildman–Crippen MR) is 33.7 cm³/mol. The Hall–Kier alpha value is -0.900. The van der Waals surface area contributed by atoms with Crippen LogP contribution in [0, 0.1) is 0 Å². The Bertz CT molecular complexity index is 158. The number of aromatic nitrogens is 2. The van der Waals surface area contributed by atoms with Crippen LogP contribution in [0.5, 0.6) is 0 Å². The van der Waals surface area contributed by atoms with E-state index in [0.717, 1.165) is 5.82 Å². The summed E-state index contributed by atoms with van der Waals surface area (Å²) in [5, 5.41) is 8.29. The van der Waals surface area contributed by atoms with Crippen molar-refractivity contribution >= 4 is 17.4 Å². The summed E-state index contributed by atoms with van der Waals surface area (Å²) in [6.07, 6.45) is 1.57. The van der Waals surface area contributed by atoms with Gasteiger partial charge in [0, 0.05) is 0 Å². The molecule has 0 atom stereocenters. The molecular formula is C4H5N3S. The van der Waals surface area contributed by atoms with Gasteiger partial charge in [0.25, 0.3) is 0 Å². The van der Waals surface area contributed by atoms with Crippen LogP contribution in [-0.2, 0) is 0 Å². The molecule has 3 nitrogen and oxygen atoms in total. The van der Waals surface area contributed by atoms with Crippen LogP contribution in [0.1, 0.15) is 0 Å². The number of nitrogens with zero attached hydrogens (tertiary/aromatic N) is 2. The Morgan fingerprint density at radius 1 is 1.88 bits per heavy atom. The van der Waals surface area contributed by atoms with E-state index in [1.165, 1.54) is 11.5 Å². The van der Waals surface area contributed by atoms with Crippen molar-refractivity contribution in [2.45, 2.75) is 0 Å². The van der Waals surface area contributed by atoms with Crippen LogP contribution in [-0.4, -0.2) is 9.59 Å². The first-order valence-corrected chi connectivity index (χ1v) is 2.91. The van der Waals surface area contributed by atoms with Gasteiger partial charge in [0.15, 0.2) is 5.82 Å². The minimum absolute atomic E-state index is 0.755. The lowest BCUT2D eigenvalue weighted by molar-refractivity contribution is 1.16. The zero-order chi connectivity index (χ0) is 5.82. The highest BCUT2D eigenvalue weighted by atomic mass is 32.1. The molecule has 0 saturated heterocycles. The summed E-state index contributed by atoms with van der Waals surface area (Å²) in [6, 6.07) is 0. The summed E-state index contributed by atoms with van der Waals surface area (Å²) in [4.78, 5) is 0. The van der Waals surface area contributed by atoms with Crippen LogP contribution in [0.15, 0.2) is 18.2 Å². The van der Waals surface area contributed by atoms with E-state index < -0.39 is 0 Å². The first kappa shape index (κ1) is 5.24. The molecule has 4 heteroatoms. The molecular weight excluding hydrogens is 122 g/mol. The minimum Gasteiger partial charge on any atom is -0.345 e. The lowest BCUT2D eigenvalue weighted by Crippen LogP contribution is -1.84. The third kappa shape index (κ3) is 1.04. The highest BCUT2D eigenvalue weighted by Crippen LogP contribution is 2.01. The van der Waals surface area contributed by atoms with Gasteiger partial charge in [-0.05, 0) is 17.7 Å². The van der Waals surface area contributed by atoms with Gasteiger partial charge in [-0.3, -0.25) is 0 Å². The SMILES string of the molecule is C=CNc1csnn1. The van der Waals surface area contributed by atoms with E-state index in [0.29, 0.717) is 0 Å². The number of hydrogen-bond acceptors (Lipinski definition) is 4. The van der Waals surface area contributed by atoms with Crippen LogP contribution in [0.25, 0.3) is 0 Å². The van der Waals surface area contributed by atoms with Gasteiger partial charge in [0.05, 0.1) is 5.38 Å². The number of hydrogen-bond donors (Lipinski definition) is 1. The lowest BCUT2D eigenvalue weighted by atomic mass is 10.8. The second-order valence-electron chi connectivity index (χ2n) is 1.14. The maximum Gasteiger partial charge on any atom is 0.165 e. The van der Waals surface area contributed by atoms with Crippen molar-refractivity contribution in [3.63, 3.8) is 0 Å². The second-order valence-corrected chi connectivity index (χ2v) is 1.75. The Labute approximate surface area is 51.2 Å². The van der Waals surface area contributed by atoms with Crippen molar-refractivity contribution in [1.29, 1.82) is 0 Å². The molecule has 1 rings (SSSR count). The minimum atomic E-state index is 0.755. The average molecular weight is 127 g/mol. The summed E-state index contributed by atoms with van der Waals surface area (Å²) in [7, 11) is 0. The van der Waals surface area contributed by atoms with Gasteiger partial charge >= 0.3 is 0 Å². The molecule has 1 N–H and O–H groups in total. The van der Waals surface area contributed by atoms with E-state index in [1.807, 2.05) is 5.38 Å². The van der Waals surface area contributed by atoms with Crippen LogP contribution in [0.2, 0.25) is 0 Å². The highest BCUT2D eigenvalue weighted by Gasteiger charge is 1.86. The molecule has 0 aromatic carbocycles. The van der Waals surface area contributed by atoms with Crippen molar-refractivity contribution in [2.24, 2.45) is 0 Å². The largest absolute Gasteiger partial charge is 0.345 e. The summed E-state index contributed by atoms with van der Waals surface area (Å²) in [5.74, 6) is 0.755. The molecule has 0 radical (unpaired) electrons. The Balaban J connectivity index is 2.62. The first-order chi connectivity index (χ1) is 3.93. The third-order valence-corrected chi connectivity index (χ3v) is 1.11. The molecule has 0 aliphatic heterocycles. The zero-order valence-electron chi connectivity index (χ0n) is 4.16. The quantitative estimate of drug-likeness (QED) is 0.646. The van der Waals surface area contributed by atoms with E-state index in [1.54, 1.807) is 6.20 Å². The topological polar surface area (TPSA) is 37.8 Å². The van der Waals surface area contributed by atoms with Gasteiger partial charge in [-0.25, -0.2) is 0 Å². The number of nitrogens with one attached hydrogen (secondary N) is 1. The van der Waals surface area contributed by atoms with Crippen LogP contribution in [0.3, 0.4) is 0 Å². The van der Waals surface area contributed by atoms with Gasteiger partial charge in [-0.2, -0.15) is 0 Å². The van der Waals surface area contributed by atoms with E-state index in [9.17, 15) is 0 Å². The average Bonchev–Trinajstić information content (AvgIpc) is 2.19. The molecule has 0 aliphatic carbocycles. The highest BCUT2D eigenvalue weighted by molar-refractivity contribution is 7.03. The molecule has 0 unspecified atom stereocenters. The van der Waals surface area contributed by atoms with Crippen molar-refractivity contribution in [2.75, 3.05) is 5.32 Å². The van der Waals surface area contributed by atoms with Gasteiger partial charge in [0.1, 0.15) is 0 Å². The molecule has 0 fully saturated rings. The summed E-state index contributed by atoms with van der Waals surface area (Å²) in [6.45, 7) is 3.46. The molecule has 1 heterocycles. The number of rotatable bonds is 2. The predicted octanol–water partition coefficient (Wildman–Crippen LogP) is 1.09. The fraction of sp³-hybridized carbons (Fsp3) is 0. The van der Waals surface area contributed by atoms with Crippen LogP contribution >= 0.6 is 11.5 Å². The molecule has 1 aromatic heterocycles.